The summed E-state index contributed by atoms with van der Waals surface area (Å²) in [7, 11) is 0. The molecule has 1 saturated carbocycles. The van der Waals surface area contributed by atoms with E-state index in [1.807, 2.05) is 6.07 Å². The second-order valence-electron chi connectivity index (χ2n) is 9.88. The van der Waals surface area contributed by atoms with Crippen LogP contribution in [0.25, 0.3) is 0 Å². The molecule has 9 nitrogen and oxygen atoms in total. The minimum atomic E-state index is -2.93. The fourth-order valence-corrected chi connectivity index (χ4v) is 5.16. The molecule has 5 rings (SSSR count). The molecule has 2 amide bonds. The molecule has 13 heteroatoms. The number of nitriles is 1. The van der Waals surface area contributed by atoms with Crippen LogP contribution in [0.2, 0.25) is 5.02 Å². The van der Waals surface area contributed by atoms with E-state index < -0.39 is 54.5 Å². The van der Waals surface area contributed by atoms with Crippen LogP contribution in [0.15, 0.2) is 73.2 Å². The molecule has 1 fully saturated rings. The average molecular weight is 595 g/mol. The van der Waals surface area contributed by atoms with Crippen LogP contribution in [0, 0.1) is 17.1 Å². The lowest BCUT2D eigenvalue weighted by molar-refractivity contribution is -0.133. The van der Waals surface area contributed by atoms with Crippen molar-refractivity contribution in [2.45, 2.75) is 36.9 Å². The van der Waals surface area contributed by atoms with Crippen LogP contribution in [0.1, 0.15) is 30.0 Å². The van der Waals surface area contributed by atoms with E-state index in [0.29, 0.717) is 0 Å². The summed E-state index contributed by atoms with van der Waals surface area (Å²) in [4.78, 5) is 51.1. The summed E-state index contributed by atoms with van der Waals surface area (Å²) in [5.41, 5.74) is 0.250. The van der Waals surface area contributed by atoms with Gasteiger partial charge in [0.2, 0.25) is 5.91 Å². The first-order chi connectivity index (χ1) is 20.1. The highest BCUT2D eigenvalue weighted by molar-refractivity contribution is 6.31. The Morgan fingerprint density at radius 1 is 1.19 bits per heavy atom. The summed E-state index contributed by atoms with van der Waals surface area (Å²) >= 11 is 6.49. The minimum absolute atomic E-state index is 0.0911. The van der Waals surface area contributed by atoms with Gasteiger partial charge in [-0.15, -0.1) is 0 Å². The number of hydrogen-bond acceptors (Lipinski definition) is 7. The molecule has 1 aliphatic carbocycles. The Morgan fingerprint density at radius 3 is 2.64 bits per heavy atom. The van der Waals surface area contributed by atoms with Crippen LogP contribution in [0.3, 0.4) is 0 Å². The number of alkyl halides is 2. The Labute approximate surface area is 243 Å². The lowest BCUT2D eigenvalue weighted by atomic mass is 9.87. The van der Waals surface area contributed by atoms with E-state index >= 15 is 0 Å². The largest absolute Gasteiger partial charge is 0.351 e. The molecule has 3 heterocycles. The molecule has 0 spiro atoms. The number of ketones is 1. The molecule has 0 saturated heterocycles. The Hall–Kier alpha value is -4.76. The Morgan fingerprint density at radius 2 is 1.95 bits per heavy atom. The zero-order chi connectivity index (χ0) is 30.0. The summed E-state index contributed by atoms with van der Waals surface area (Å²) in [6.07, 6.45) is 4.79. The van der Waals surface area contributed by atoms with E-state index in [1.54, 1.807) is 12.1 Å². The molecule has 3 aromatic rings. The Bertz CT molecular complexity index is 1620. The van der Waals surface area contributed by atoms with Crippen molar-refractivity contribution in [2.75, 3.05) is 16.3 Å². The molecule has 1 aliphatic heterocycles. The number of carbonyl (C=O) groups is 3. The van der Waals surface area contributed by atoms with Crippen LogP contribution in [-0.4, -0.2) is 52.1 Å². The van der Waals surface area contributed by atoms with Crippen LogP contribution in [0.5, 0.6) is 0 Å². The van der Waals surface area contributed by atoms with Gasteiger partial charge >= 0.3 is 0 Å². The quantitative estimate of drug-likeness (QED) is 0.437. The lowest BCUT2D eigenvalue weighted by Gasteiger charge is -2.40. The number of hydrogen-bond donors (Lipinski definition) is 1. The van der Waals surface area contributed by atoms with Crippen LogP contribution in [0.4, 0.5) is 24.7 Å². The van der Waals surface area contributed by atoms with Gasteiger partial charge in [-0.25, -0.2) is 18.2 Å². The third-order valence-electron chi connectivity index (χ3n) is 6.90. The van der Waals surface area contributed by atoms with Crippen molar-refractivity contribution in [3.05, 3.63) is 95.2 Å². The van der Waals surface area contributed by atoms with Gasteiger partial charge in [-0.05, 0) is 30.4 Å². The molecule has 42 heavy (non-hydrogen) atoms. The maximum absolute atomic E-state index is 14.5. The van der Waals surface area contributed by atoms with E-state index in [-0.39, 0.29) is 40.0 Å². The number of aromatic nitrogens is 2. The van der Waals surface area contributed by atoms with Gasteiger partial charge in [0.25, 0.3) is 11.8 Å². The zero-order valence-electron chi connectivity index (χ0n) is 21.8. The molecule has 1 aromatic carbocycles. The molecule has 2 aromatic heterocycles. The summed E-state index contributed by atoms with van der Waals surface area (Å²) in [5.74, 6) is -5.57. The number of rotatable bonds is 7. The standard InChI is InChI=1S/C29H22ClF3N6O3/c30-23-4-2-1-3-22(23)26(27(41)37-19-11-29(32,33)12-19)39(20-10-18(31)14-35-15-20)28(42)24-6-5-21(40)16-38(24)25-9-17(13-34)7-8-36-25/h1-10,14-15,19,24,26H,11-12,16H2,(H,37,41)/t24-,26-/m0/s1. The third kappa shape index (κ3) is 5.96. The summed E-state index contributed by atoms with van der Waals surface area (Å²) in [6.45, 7) is -0.288. The number of nitrogens with one attached hydrogen (secondary N) is 1. The second-order valence-corrected chi connectivity index (χ2v) is 10.3. The number of halogens is 4. The number of pyridine rings is 2. The highest BCUT2D eigenvalue weighted by Crippen LogP contribution is 2.39. The monoisotopic (exact) mass is 594 g/mol. The molecule has 1 N–H and O–H groups in total. The molecular weight excluding hydrogens is 573 g/mol. The zero-order valence-corrected chi connectivity index (χ0v) is 22.5. The predicted molar refractivity (Wildman–Crippen MR) is 146 cm³/mol. The van der Waals surface area contributed by atoms with Crippen LogP contribution >= 0.6 is 11.6 Å². The number of amides is 2. The molecule has 2 atom stereocenters. The van der Waals surface area contributed by atoms with Gasteiger partial charge in [-0.3, -0.25) is 24.3 Å². The van der Waals surface area contributed by atoms with Gasteiger partial charge in [0.15, 0.2) is 5.78 Å². The average Bonchev–Trinajstić information content (AvgIpc) is 2.95. The topological polar surface area (TPSA) is 119 Å². The number of carbonyl (C=O) groups excluding carboxylic acids is 3. The van der Waals surface area contributed by atoms with Gasteiger partial charge < -0.3 is 10.2 Å². The highest BCUT2D eigenvalue weighted by atomic mass is 35.5. The van der Waals surface area contributed by atoms with Gasteiger partial charge in [-0.1, -0.05) is 29.8 Å². The summed E-state index contributed by atoms with van der Waals surface area (Å²) < 4.78 is 41.7. The fraction of sp³-hybridized carbons (Fsp3) is 0.241. The van der Waals surface area contributed by atoms with Gasteiger partial charge in [0.05, 0.1) is 36.3 Å². The number of nitrogens with zero attached hydrogens (tertiary/aromatic N) is 5. The van der Waals surface area contributed by atoms with E-state index in [1.165, 1.54) is 53.7 Å². The number of benzene rings is 1. The van der Waals surface area contributed by atoms with Crippen molar-refractivity contribution in [1.29, 1.82) is 5.26 Å². The fourth-order valence-electron chi connectivity index (χ4n) is 4.92. The van der Waals surface area contributed by atoms with Crippen molar-refractivity contribution >= 4 is 40.7 Å². The molecule has 0 bridgehead atoms. The minimum Gasteiger partial charge on any atom is -0.351 e. The predicted octanol–water partition coefficient (Wildman–Crippen LogP) is 4.14. The van der Waals surface area contributed by atoms with Crippen molar-refractivity contribution in [1.82, 2.24) is 15.3 Å². The van der Waals surface area contributed by atoms with Gasteiger partial charge in [0.1, 0.15) is 23.7 Å². The van der Waals surface area contributed by atoms with Crippen LogP contribution < -0.4 is 15.1 Å². The van der Waals surface area contributed by atoms with Crippen LogP contribution in [-0.2, 0) is 14.4 Å². The normalized spacial score (nSPS) is 18.5. The molecule has 0 radical (unpaired) electrons. The highest BCUT2D eigenvalue weighted by Gasteiger charge is 2.48. The maximum atomic E-state index is 14.5. The lowest BCUT2D eigenvalue weighted by Crippen LogP contribution is -2.57. The van der Waals surface area contributed by atoms with E-state index in [4.69, 9.17) is 11.6 Å². The van der Waals surface area contributed by atoms with Gasteiger partial charge in [-0.2, -0.15) is 5.26 Å². The third-order valence-corrected chi connectivity index (χ3v) is 7.24. The first kappa shape index (κ1) is 28.8. The molecular formula is C29H22ClF3N6O3. The maximum Gasteiger partial charge on any atom is 0.254 e. The van der Waals surface area contributed by atoms with Crippen molar-refractivity contribution in [3.63, 3.8) is 0 Å². The SMILES string of the molecule is N#Cc1ccnc(N2CC(=O)C=C[C@H]2C(=O)N(c2cncc(F)c2)[C@H](C(=O)NC2CC(F)(F)C2)c2ccccc2Cl)c1. The van der Waals surface area contributed by atoms with Crippen molar-refractivity contribution < 1.29 is 27.6 Å². The molecule has 214 valence electrons. The first-order valence-corrected chi connectivity index (χ1v) is 13.1. The Balaban J connectivity index is 1.63. The van der Waals surface area contributed by atoms with Crippen molar-refractivity contribution in [2.24, 2.45) is 0 Å². The molecule has 2 aliphatic rings. The second kappa shape index (κ2) is 11.6. The van der Waals surface area contributed by atoms with Gasteiger partial charge in [0, 0.05) is 41.7 Å². The van der Waals surface area contributed by atoms with E-state index in [2.05, 4.69) is 15.3 Å². The molecule has 0 unspecified atom stereocenters. The van der Waals surface area contributed by atoms with E-state index in [0.717, 1.165) is 17.2 Å². The summed E-state index contributed by atoms with van der Waals surface area (Å²) in [5, 5.41) is 12.0. The smallest absolute Gasteiger partial charge is 0.254 e. The van der Waals surface area contributed by atoms with E-state index in [9.17, 15) is 32.8 Å². The van der Waals surface area contributed by atoms with Crippen molar-refractivity contribution in [3.8, 4) is 6.07 Å². The Kier molecular flexibility index (Phi) is 7.95. The first-order valence-electron chi connectivity index (χ1n) is 12.8. The summed E-state index contributed by atoms with van der Waals surface area (Å²) in [6, 6.07) is 8.33. The number of anilines is 2.